The van der Waals surface area contributed by atoms with Gasteiger partial charge >= 0.3 is 12.0 Å². The van der Waals surface area contributed by atoms with Crippen LogP contribution in [0.3, 0.4) is 0 Å². The summed E-state index contributed by atoms with van der Waals surface area (Å²) >= 11 is 1.51. The highest BCUT2D eigenvalue weighted by molar-refractivity contribution is 7.13. The van der Waals surface area contributed by atoms with Gasteiger partial charge in [-0.2, -0.15) is 4.98 Å². The summed E-state index contributed by atoms with van der Waals surface area (Å²) in [5.74, 6) is -0.989. The van der Waals surface area contributed by atoms with Gasteiger partial charge in [0.05, 0.1) is 22.4 Å². The number of ether oxygens (including phenoxy) is 1. The Hall–Kier alpha value is -3.79. The van der Waals surface area contributed by atoms with Gasteiger partial charge in [0.25, 0.3) is 0 Å². The fourth-order valence-corrected chi connectivity index (χ4v) is 3.59. The molecule has 2 aromatic carbocycles. The molecule has 164 valence electrons. The molecule has 0 spiro atoms. The summed E-state index contributed by atoms with van der Waals surface area (Å²) in [5.41, 5.74) is 0.957. The van der Waals surface area contributed by atoms with Gasteiger partial charge in [-0.1, -0.05) is 12.1 Å². The summed E-state index contributed by atoms with van der Waals surface area (Å²) in [6, 6.07) is 13.3. The van der Waals surface area contributed by atoms with E-state index in [2.05, 4.69) is 20.7 Å². The van der Waals surface area contributed by atoms with E-state index in [-0.39, 0.29) is 17.8 Å². The molecule has 7 nitrogen and oxygen atoms in total. The smallest absolute Gasteiger partial charge is 0.336 e. The van der Waals surface area contributed by atoms with E-state index in [1.807, 2.05) is 37.4 Å². The Morgan fingerprint density at radius 3 is 2.66 bits per heavy atom. The fourth-order valence-electron chi connectivity index (χ4n) is 2.89. The van der Waals surface area contributed by atoms with Crippen LogP contribution in [0, 0.1) is 11.6 Å². The Morgan fingerprint density at radius 1 is 1.09 bits per heavy atom. The van der Waals surface area contributed by atoms with Crippen LogP contribution in [0.4, 0.5) is 25.0 Å². The number of nitrogens with zero attached hydrogens (tertiary/aromatic N) is 3. The summed E-state index contributed by atoms with van der Waals surface area (Å²) in [5, 5.41) is 11.4. The van der Waals surface area contributed by atoms with Crippen LogP contribution in [0.15, 0.2) is 60.0 Å². The van der Waals surface area contributed by atoms with Gasteiger partial charge in [-0.25, -0.2) is 18.3 Å². The summed E-state index contributed by atoms with van der Waals surface area (Å²) in [4.78, 5) is 17.7. The average molecular weight is 455 g/mol. The maximum atomic E-state index is 13.8. The molecule has 0 saturated carbocycles. The first kappa shape index (κ1) is 21.4. The lowest BCUT2D eigenvalue weighted by molar-refractivity contribution is 0.222. The minimum Gasteiger partial charge on any atom is -0.460 e. The Morgan fingerprint density at radius 2 is 1.94 bits per heavy atom. The second-order valence-corrected chi connectivity index (χ2v) is 7.98. The Kier molecular flexibility index (Phi) is 6.13. The molecule has 0 atom stereocenters. The second-order valence-electron chi connectivity index (χ2n) is 7.03. The molecule has 4 aromatic rings. The Bertz CT molecular complexity index is 1240. The van der Waals surface area contributed by atoms with Crippen molar-refractivity contribution in [3.8, 4) is 22.4 Å². The SMILES string of the molecule is CC(C)Oc1nc(-c2cccs2)n(-c2cccc(NC(=O)Nc3ccc(F)cc3F)c2)n1. The fraction of sp³-hybridized carbons (Fsp3) is 0.136. The number of nitrogens with one attached hydrogen (secondary N) is 2. The van der Waals surface area contributed by atoms with E-state index in [0.717, 1.165) is 17.0 Å². The number of amides is 2. The zero-order valence-corrected chi connectivity index (χ0v) is 18.0. The molecule has 10 heteroatoms. The van der Waals surface area contributed by atoms with Gasteiger partial charge in [0.2, 0.25) is 0 Å². The quantitative estimate of drug-likeness (QED) is 0.391. The molecule has 0 radical (unpaired) electrons. The van der Waals surface area contributed by atoms with Gasteiger partial charge in [0, 0.05) is 11.8 Å². The molecule has 0 aliphatic carbocycles. The molecule has 0 bridgehead atoms. The van der Waals surface area contributed by atoms with Gasteiger partial charge in [0.15, 0.2) is 5.82 Å². The minimum absolute atomic E-state index is 0.0920. The second kappa shape index (κ2) is 9.15. The van der Waals surface area contributed by atoms with Crippen molar-refractivity contribution in [2.24, 2.45) is 0 Å². The van der Waals surface area contributed by atoms with E-state index < -0.39 is 17.7 Å². The predicted octanol–water partition coefficient (Wildman–Crippen LogP) is 5.71. The van der Waals surface area contributed by atoms with Crippen LogP contribution in [0.1, 0.15) is 13.8 Å². The Balaban J connectivity index is 1.59. The molecule has 2 heterocycles. The maximum Gasteiger partial charge on any atom is 0.336 e. The number of rotatable bonds is 6. The number of benzene rings is 2. The number of thiophene rings is 1. The first-order valence-electron chi connectivity index (χ1n) is 9.70. The lowest BCUT2D eigenvalue weighted by atomic mass is 10.2. The lowest BCUT2D eigenvalue weighted by Crippen LogP contribution is -2.20. The topological polar surface area (TPSA) is 81.1 Å². The molecular weight excluding hydrogens is 436 g/mol. The van der Waals surface area contributed by atoms with Crippen LogP contribution < -0.4 is 15.4 Å². The van der Waals surface area contributed by atoms with Crippen molar-refractivity contribution in [2.45, 2.75) is 20.0 Å². The number of hydrogen-bond acceptors (Lipinski definition) is 5. The van der Waals surface area contributed by atoms with Crippen molar-refractivity contribution >= 4 is 28.7 Å². The zero-order chi connectivity index (χ0) is 22.7. The number of carbonyl (C=O) groups excluding carboxylic acids is 1. The first-order valence-corrected chi connectivity index (χ1v) is 10.6. The predicted molar refractivity (Wildman–Crippen MR) is 119 cm³/mol. The molecule has 2 aromatic heterocycles. The first-order chi connectivity index (χ1) is 15.4. The molecule has 0 unspecified atom stereocenters. The van der Waals surface area contributed by atoms with Gasteiger partial charge in [-0.3, -0.25) is 0 Å². The molecule has 2 N–H and O–H groups in total. The maximum absolute atomic E-state index is 13.8. The summed E-state index contributed by atoms with van der Waals surface area (Å²) in [7, 11) is 0. The van der Waals surface area contributed by atoms with E-state index in [9.17, 15) is 13.6 Å². The third-order valence-corrected chi connectivity index (χ3v) is 5.06. The van der Waals surface area contributed by atoms with E-state index >= 15 is 0 Å². The number of hydrogen-bond donors (Lipinski definition) is 2. The monoisotopic (exact) mass is 455 g/mol. The highest BCUT2D eigenvalue weighted by Crippen LogP contribution is 2.28. The summed E-state index contributed by atoms with van der Waals surface area (Å²) in [6.45, 7) is 3.78. The zero-order valence-electron chi connectivity index (χ0n) is 17.2. The third kappa shape index (κ3) is 4.92. The van der Waals surface area contributed by atoms with Gasteiger partial charge < -0.3 is 15.4 Å². The Labute approximate surface area is 186 Å². The summed E-state index contributed by atoms with van der Waals surface area (Å²) < 4.78 is 34.1. The number of carbonyl (C=O) groups is 1. The van der Waals surface area contributed by atoms with Crippen LogP contribution in [0.25, 0.3) is 16.4 Å². The van der Waals surface area contributed by atoms with Crippen molar-refractivity contribution in [3.05, 3.63) is 71.6 Å². The third-order valence-electron chi connectivity index (χ3n) is 4.20. The molecule has 2 amide bonds. The van der Waals surface area contributed by atoms with Crippen molar-refractivity contribution in [3.63, 3.8) is 0 Å². The normalized spacial score (nSPS) is 10.9. The standard InChI is InChI=1S/C22H19F2N5O2S/c1-13(2)31-22-27-20(19-7-4-10-32-19)29(28-22)16-6-3-5-15(12-16)25-21(30)26-18-9-8-14(23)11-17(18)24/h3-13H,1-2H3,(H2,25,26,30). The van der Waals surface area contributed by atoms with Crippen LogP contribution in [-0.2, 0) is 0 Å². The molecule has 0 aliphatic heterocycles. The van der Waals surface area contributed by atoms with E-state index in [1.165, 1.54) is 11.3 Å². The van der Waals surface area contributed by atoms with Crippen LogP contribution >= 0.6 is 11.3 Å². The van der Waals surface area contributed by atoms with Crippen molar-refractivity contribution in [1.82, 2.24) is 14.8 Å². The van der Waals surface area contributed by atoms with Crippen LogP contribution in [0.2, 0.25) is 0 Å². The van der Waals surface area contributed by atoms with Crippen molar-refractivity contribution in [2.75, 3.05) is 10.6 Å². The molecule has 0 aliphatic rings. The van der Waals surface area contributed by atoms with Crippen molar-refractivity contribution in [1.29, 1.82) is 0 Å². The van der Waals surface area contributed by atoms with E-state index in [0.29, 0.717) is 23.3 Å². The number of anilines is 2. The lowest BCUT2D eigenvalue weighted by Gasteiger charge is -2.10. The van der Waals surface area contributed by atoms with E-state index in [4.69, 9.17) is 4.74 Å². The molecule has 4 rings (SSSR count). The van der Waals surface area contributed by atoms with Gasteiger partial charge in [0.1, 0.15) is 11.6 Å². The highest BCUT2D eigenvalue weighted by Gasteiger charge is 2.17. The number of urea groups is 1. The summed E-state index contributed by atoms with van der Waals surface area (Å²) in [6.07, 6.45) is -0.0920. The van der Waals surface area contributed by atoms with Gasteiger partial charge in [-0.15, -0.1) is 16.4 Å². The van der Waals surface area contributed by atoms with Crippen molar-refractivity contribution < 1.29 is 18.3 Å². The molecular formula is C22H19F2N5O2S. The minimum atomic E-state index is -0.866. The molecule has 0 fully saturated rings. The number of aromatic nitrogens is 3. The average Bonchev–Trinajstić information content (AvgIpc) is 3.40. The highest BCUT2D eigenvalue weighted by atomic mass is 32.1. The molecule has 0 saturated heterocycles. The largest absolute Gasteiger partial charge is 0.460 e. The van der Waals surface area contributed by atoms with E-state index in [1.54, 1.807) is 22.9 Å². The number of halogens is 2. The van der Waals surface area contributed by atoms with Crippen LogP contribution in [0.5, 0.6) is 6.01 Å². The van der Waals surface area contributed by atoms with Gasteiger partial charge in [-0.05, 0) is 55.6 Å². The van der Waals surface area contributed by atoms with Crippen LogP contribution in [-0.4, -0.2) is 26.9 Å². The molecule has 32 heavy (non-hydrogen) atoms.